The van der Waals surface area contributed by atoms with Crippen LogP contribution in [0.1, 0.15) is 13.3 Å². The molecule has 0 aromatic carbocycles. The van der Waals surface area contributed by atoms with E-state index in [1.807, 2.05) is 0 Å². The van der Waals surface area contributed by atoms with Crippen molar-refractivity contribution in [2.45, 2.75) is 13.3 Å². The molecule has 1 aliphatic rings. The molecule has 0 aromatic rings. The number of nitrogens with zero attached hydrogens (tertiary/aromatic N) is 1. The van der Waals surface area contributed by atoms with Crippen LogP contribution in [0.4, 0.5) is 4.79 Å². The number of carbonyl (C=O) groups excluding carboxylic acids is 2. The van der Waals surface area contributed by atoms with Gasteiger partial charge in [-0.25, -0.2) is 14.6 Å². The summed E-state index contributed by atoms with van der Waals surface area (Å²) in [4.78, 5) is 25.3. The number of urea groups is 1. The maximum atomic E-state index is 10.9. The van der Waals surface area contributed by atoms with Crippen LogP contribution < -0.4 is 5.32 Å². The quantitative estimate of drug-likeness (QED) is 0.530. The van der Waals surface area contributed by atoms with Gasteiger partial charge in [0.05, 0.1) is 13.2 Å². The van der Waals surface area contributed by atoms with Crippen molar-refractivity contribution in [1.29, 1.82) is 0 Å². The molecule has 0 bridgehead atoms. The first-order chi connectivity index (χ1) is 6.59. The molecule has 0 aromatic heterocycles. The first kappa shape index (κ1) is 10.4. The van der Waals surface area contributed by atoms with Gasteiger partial charge >= 0.3 is 12.0 Å². The van der Waals surface area contributed by atoms with Crippen molar-refractivity contribution >= 4 is 17.7 Å². The lowest BCUT2D eigenvalue weighted by Crippen LogP contribution is -2.18. The van der Waals surface area contributed by atoms with Crippen molar-refractivity contribution in [1.82, 2.24) is 5.32 Å². The number of esters is 1. The van der Waals surface area contributed by atoms with E-state index < -0.39 is 5.97 Å². The molecule has 1 aliphatic heterocycles. The molecule has 0 saturated carbocycles. The fourth-order valence-corrected chi connectivity index (χ4v) is 0.929. The minimum Gasteiger partial charge on any atom is -0.462 e. The smallest absolute Gasteiger partial charge is 0.341 e. The van der Waals surface area contributed by atoms with Crippen molar-refractivity contribution in [3.63, 3.8) is 0 Å². The molecule has 0 atom stereocenters. The summed E-state index contributed by atoms with van der Waals surface area (Å²) >= 11 is 0. The average Bonchev–Trinajstić information content (AvgIpc) is 2.51. The van der Waals surface area contributed by atoms with Gasteiger partial charge in [-0.1, -0.05) is 6.58 Å². The standard InChI is InChI=1S/C9H12N2O3/c1-6(2)8(12)14-4-3-7-5-10-9(13)11-7/h1,3-5H2,2H3,(H,10,13). The van der Waals surface area contributed by atoms with E-state index in [0.717, 1.165) is 0 Å². The highest BCUT2D eigenvalue weighted by Gasteiger charge is 2.12. The Morgan fingerprint density at radius 3 is 2.93 bits per heavy atom. The van der Waals surface area contributed by atoms with Gasteiger partial charge in [0.15, 0.2) is 0 Å². The molecule has 0 radical (unpaired) electrons. The summed E-state index contributed by atoms with van der Waals surface area (Å²) in [6, 6.07) is -0.328. The number of ether oxygens (including phenoxy) is 1. The minimum absolute atomic E-state index is 0.236. The SMILES string of the molecule is C=C(C)C(=O)OCCC1=NC(=O)NC1. The number of rotatable bonds is 4. The van der Waals surface area contributed by atoms with Crippen LogP contribution in [0.2, 0.25) is 0 Å². The number of hydrogen-bond acceptors (Lipinski definition) is 3. The molecule has 0 aliphatic carbocycles. The van der Waals surface area contributed by atoms with Crippen LogP contribution in [0.25, 0.3) is 0 Å². The fourth-order valence-electron chi connectivity index (χ4n) is 0.929. The van der Waals surface area contributed by atoms with Crippen LogP contribution >= 0.6 is 0 Å². The molecule has 5 nitrogen and oxygen atoms in total. The van der Waals surface area contributed by atoms with Gasteiger partial charge in [0.2, 0.25) is 0 Å². The lowest BCUT2D eigenvalue weighted by atomic mass is 10.3. The first-order valence-corrected chi connectivity index (χ1v) is 4.26. The average molecular weight is 196 g/mol. The molecule has 0 unspecified atom stereocenters. The highest BCUT2D eigenvalue weighted by Crippen LogP contribution is 1.98. The number of carbonyl (C=O) groups is 2. The summed E-state index contributed by atoms with van der Waals surface area (Å²) < 4.78 is 4.84. The highest BCUT2D eigenvalue weighted by atomic mass is 16.5. The Hall–Kier alpha value is -1.65. The molecule has 5 heteroatoms. The van der Waals surface area contributed by atoms with Gasteiger partial charge in [-0.3, -0.25) is 0 Å². The predicted molar refractivity (Wildman–Crippen MR) is 51.2 cm³/mol. The molecule has 2 amide bonds. The maximum absolute atomic E-state index is 10.9. The third-order valence-electron chi connectivity index (χ3n) is 1.68. The third-order valence-corrected chi connectivity index (χ3v) is 1.68. The van der Waals surface area contributed by atoms with E-state index in [1.165, 1.54) is 0 Å². The topological polar surface area (TPSA) is 67.8 Å². The lowest BCUT2D eigenvalue weighted by Gasteiger charge is -2.02. The Balaban J connectivity index is 2.22. The normalized spacial score (nSPS) is 14.6. The fraction of sp³-hybridized carbons (Fsp3) is 0.444. The number of amides is 2. The molecule has 0 saturated heterocycles. The summed E-state index contributed by atoms with van der Waals surface area (Å²) in [5.74, 6) is -0.414. The van der Waals surface area contributed by atoms with Gasteiger partial charge in [-0.05, 0) is 6.92 Å². The Morgan fingerprint density at radius 1 is 1.71 bits per heavy atom. The van der Waals surface area contributed by atoms with E-state index in [9.17, 15) is 9.59 Å². The van der Waals surface area contributed by atoms with Gasteiger partial charge in [0, 0.05) is 17.7 Å². The van der Waals surface area contributed by atoms with Crippen LogP contribution in [0.15, 0.2) is 17.1 Å². The monoisotopic (exact) mass is 196 g/mol. The van der Waals surface area contributed by atoms with Crippen molar-refractivity contribution in [3.05, 3.63) is 12.2 Å². The van der Waals surface area contributed by atoms with Crippen LogP contribution in [-0.2, 0) is 9.53 Å². The Kier molecular flexibility index (Phi) is 3.39. The predicted octanol–water partition coefficient (Wildman–Crippen LogP) is 0.660. The molecule has 76 valence electrons. The van der Waals surface area contributed by atoms with E-state index in [-0.39, 0.29) is 12.6 Å². The van der Waals surface area contributed by atoms with Crippen molar-refractivity contribution in [2.75, 3.05) is 13.2 Å². The largest absolute Gasteiger partial charge is 0.462 e. The molecular formula is C9H12N2O3. The summed E-state index contributed by atoms with van der Waals surface area (Å²) in [7, 11) is 0. The van der Waals surface area contributed by atoms with E-state index in [1.54, 1.807) is 6.92 Å². The summed E-state index contributed by atoms with van der Waals surface area (Å²) in [6.07, 6.45) is 0.484. The van der Waals surface area contributed by atoms with Gasteiger partial charge < -0.3 is 10.1 Å². The number of hydrogen-bond donors (Lipinski definition) is 1. The molecule has 1 rings (SSSR count). The summed E-state index contributed by atoms with van der Waals surface area (Å²) in [6.45, 7) is 5.71. The van der Waals surface area contributed by atoms with Gasteiger partial charge in [0.25, 0.3) is 0 Å². The number of aliphatic imine (C=N–C) groups is 1. The van der Waals surface area contributed by atoms with E-state index >= 15 is 0 Å². The first-order valence-electron chi connectivity index (χ1n) is 4.26. The van der Waals surface area contributed by atoms with E-state index in [4.69, 9.17) is 4.74 Å². The van der Waals surface area contributed by atoms with Crippen molar-refractivity contribution < 1.29 is 14.3 Å². The second-order valence-electron chi connectivity index (χ2n) is 3.00. The zero-order chi connectivity index (χ0) is 10.6. The number of nitrogens with one attached hydrogen (secondary N) is 1. The molecule has 0 fully saturated rings. The van der Waals surface area contributed by atoms with Crippen LogP contribution in [-0.4, -0.2) is 30.9 Å². The Labute approximate surface area is 81.8 Å². The van der Waals surface area contributed by atoms with E-state index in [0.29, 0.717) is 24.3 Å². The second-order valence-corrected chi connectivity index (χ2v) is 3.00. The van der Waals surface area contributed by atoms with Gasteiger partial charge in [-0.2, -0.15) is 0 Å². The molecule has 14 heavy (non-hydrogen) atoms. The Bertz CT molecular complexity index is 307. The molecule has 0 spiro atoms. The zero-order valence-corrected chi connectivity index (χ0v) is 8.00. The summed E-state index contributed by atoms with van der Waals surface area (Å²) in [5, 5.41) is 2.53. The van der Waals surface area contributed by atoms with Crippen molar-refractivity contribution in [2.24, 2.45) is 4.99 Å². The molecular weight excluding hydrogens is 184 g/mol. The summed E-state index contributed by atoms with van der Waals surface area (Å²) in [5.41, 5.74) is 1.08. The Morgan fingerprint density at radius 2 is 2.43 bits per heavy atom. The van der Waals surface area contributed by atoms with Gasteiger partial charge in [-0.15, -0.1) is 0 Å². The lowest BCUT2D eigenvalue weighted by molar-refractivity contribution is -0.138. The van der Waals surface area contributed by atoms with Crippen LogP contribution in [0.3, 0.4) is 0 Å². The molecule has 1 N–H and O–H groups in total. The third kappa shape index (κ3) is 3.01. The second kappa shape index (κ2) is 4.55. The van der Waals surface area contributed by atoms with Gasteiger partial charge in [0.1, 0.15) is 0 Å². The molecule has 1 heterocycles. The van der Waals surface area contributed by atoms with Crippen LogP contribution in [0, 0.1) is 0 Å². The van der Waals surface area contributed by atoms with Crippen LogP contribution in [0.5, 0.6) is 0 Å². The zero-order valence-electron chi connectivity index (χ0n) is 8.00. The highest BCUT2D eigenvalue weighted by molar-refractivity contribution is 6.02. The van der Waals surface area contributed by atoms with Crippen molar-refractivity contribution in [3.8, 4) is 0 Å². The maximum Gasteiger partial charge on any atom is 0.341 e. The minimum atomic E-state index is -0.414. The van der Waals surface area contributed by atoms with E-state index in [2.05, 4.69) is 16.9 Å².